The number of amides is 3. The van der Waals surface area contributed by atoms with Crippen LogP contribution in [-0.2, 0) is 14.3 Å². The number of phenolic OH excluding ortho intramolecular Hbond substituents is 1. The van der Waals surface area contributed by atoms with Gasteiger partial charge in [0.1, 0.15) is 23.4 Å². The zero-order chi connectivity index (χ0) is 22.2. The smallest absolute Gasteiger partial charge is 0.408 e. The minimum Gasteiger partial charge on any atom is -0.508 e. The molecule has 0 bridgehead atoms. The van der Waals surface area contributed by atoms with Crippen LogP contribution in [0.15, 0.2) is 24.3 Å². The second-order valence-corrected chi connectivity index (χ2v) is 7.92. The topological polar surface area (TPSA) is 108 Å². The number of benzene rings is 1. The molecule has 8 nitrogen and oxygen atoms in total. The van der Waals surface area contributed by atoms with Gasteiger partial charge < -0.3 is 25.4 Å². The first-order chi connectivity index (χ1) is 13.5. The third kappa shape index (κ3) is 7.63. The predicted octanol–water partition coefficient (Wildman–Crippen LogP) is 2.72. The summed E-state index contributed by atoms with van der Waals surface area (Å²) in [6.07, 6.45) is 0.985. The second-order valence-electron chi connectivity index (χ2n) is 7.92. The molecule has 3 amide bonds. The van der Waals surface area contributed by atoms with Crippen molar-refractivity contribution in [3.63, 3.8) is 0 Å². The Kier molecular flexibility index (Phi) is 8.94. The average Bonchev–Trinajstić information content (AvgIpc) is 2.61. The fourth-order valence-corrected chi connectivity index (χ4v) is 2.71. The summed E-state index contributed by atoms with van der Waals surface area (Å²) in [5.41, 5.74) is -0.391. The van der Waals surface area contributed by atoms with Gasteiger partial charge in [0.05, 0.1) is 0 Å². The molecule has 8 heteroatoms. The van der Waals surface area contributed by atoms with Crippen LogP contribution < -0.4 is 10.6 Å². The van der Waals surface area contributed by atoms with Crippen LogP contribution in [-0.4, -0.2) is 53.1 Å². The van der Waals surface area contributed by atoms with Gasteiger partial charge in [-0.3, -0.25) is 9.59 Å². The van der Waals surface area contributed by atoms with Gasteiger partial charge >= 0.3 is 6.09 Å². The number of hydrogen-bond donors (Lipinski definition) is 3. The third-order valence-corrected chi connectivity index (χ3v) is 4.15. The summed E-state index contributed by atoms with van der Waals surface area (Å²) in [4.78, 5) is 38.9. The molecule has 0 fully saturated rings. The molecule has 2 unspecified atom stereocenters. The zero-order valence-electron chi connectivity index (χ0n) is 18.1. The second kappa shape index (κ2) is 10.7. The number of carbonyl (C=O) groups is 3. The van der Waals surface area contributed by atoms with Crippen LogP contribution in [0.1, 0.15) is 59.1 Å². The SMILES string of the molecule is CCCCNC(=O)C(c1ccccc1O)N(C)C(=O)C(C)NC(=O)OC(C)(C)C. The van der Waals surface area contributed by atoms with Gasteiger partial charge in [-0.2, -0.15) is 0 Å². The average molecular weight is 408 g/mol. The molecular weight excluding hydrogens is 374 g/mol. The lowest BCUT2D eigenvalue weighted by Crippen LogP contribution is -2.50. The van der Waals surface area contributed by atoms with Gasteiger partial charge in [0.2, 0.25) is 11.8 Å². The van der Waals surface area contributed by atoms with Gasteiger partial charge in [-0.1, -0.05) is 31.5 Å². The van der Waals surface area contributed by atoms with E-state index in [1.54, 1.807) is 39.0 Å². The Morgan fingerprint density at radius 1 is 1.21 bits per heavy atom. The summed E-state index contributed by atoms with van der Waals surface area (Å²) >= 11 is 0. The van der Waals surface area contributed by atoms with Crippen LogP contribution in [0.4, 0.5) is 4.79 Å². The molecule has 1 aromatic carbocycles. The molecular formula is C21H33N3O5. The van der Waals surface area contributed by atoms with E-state index in [9.17, 15) is 19.5 Å². The fraction of sp³-hybridized carbons (Fsp3) is 0.571. The summed E-state index contributed by atoms with van der Waals surface area (Å²) in [5.74, 6) is -0.981. The quantitative estimate of drug-likeness (QED) is 0.574. The van der Waals surface area contributed by atoms with Gasteiger partial charge in [0.15, 0.2) is 0 Å². The molecule has 1 rings (SSSR count). The minimum absolute atomic E-state index is 0.0875. The fourth-order valence-electron chi connectivity index (χ4n) is 2.71. The van der Waals surface area contributed by atoms with E-state index >= 15 is 0 Å². The number of ether oxygens (including phenoxy) is 1. The highest BCUT2D eigenvalue weighted by Gasteiger charge is 2.33. The molecule has 0 aliphatic carbocycles. The largest absolute Gasteiger partial charge is 0.508 e. The highest BCUT2D eigenvalue weighted by Crippen LogP contribution is 2.28. The molecule has 0 radical (unpaired) electrons. The van der Waals surface area contributed by atoms with E-state index in [1.807, 2.05) is 6.92 Å². The normalized spacial score (nSPS) is 13.2. The Bertz CT molecular complexity index is 715. The molecule has 0 spiro atoms. The molecule has 0 saturated heterocycles. The molecule has 0 aromatic heterocycles. The van der Waals surface area contributed by atoms with E-state index in [-0.39, 0.29) is 5.75 Å². The van der Waals surface area contributed by atoms with Crippen LogP contribution in [0.3, 0.4) is 0 Å². The van der Waals surface area contributed by atoms with Crippen LogP contribution >= 0.6 is 0 Å². The number of para-hydroxylation sites is 1. The first-order valence-electron chi connectivity index (χ1n) is 9.79. The van der Waals surface area contributed by atoms with E-state index in [4.69, 9.17) is 4.74 Å². The number of aromatic hydroxyl groups is 1. The number of unbranched alkanes of at least 4 members (excludes halogenated alkanes) is 1. The standard InChI is InChI=1S/C21H33N3O5/c1-7-8-13-22-18(26)17(15-11-9-10-12-16(15)25)24(6)19(27)14(2)23-20(28)29-21(3,4)5/h9-12,14,17,25H,7-8,13H2,1-6H3,(H,22,26)(H,23,28). The molecule has 3 N–H and O–H groups in total. The molecule has 0 saturated carbocycles. The predicted molar refractivity (Wildman–Crippen MR) is 110 cm³/mol. The van der Waals surface area contributed by atoms with E-state index < -0.39 is 35.6 Å². The van der Waals surface area contributed by atoms with Crippen molar-refractivity contribution in [1.82, 2.24) is 15.5 Å². The summed E-state index contributed by atoms with van der Waals surface area (Å²) in [7, 11) is 1.46. The number of carbonyl (C=O) groups excluding carboxylic acids is 3. The number of hydrogen-bond acceptors (Lipinski definition) is 5. The van der Waals surface area contributed by atoms with Crippen molar-refractivity contribution < 1.29 is 24.2 Å². The Morgan fingerprint density at radius 2 is 1.83 bits per heavy atom. The van der Waals surface area contributed by atoms with Gasteiger partial charge in [0, 0.05) is 19.2 Å². The summed E-state index contributed by atoms with van der Waals surface area (Å²) < 4.78 is 5.18. The van der Waals surface area contributed by atoms with Crippen LogP contribution in [0.25, 0.3) is 0 Å². The van der Waals surface area contributed by atoms with Crippen molar-refractivity contribution in [2.75, 3.05) is 13.6 Å². The molecule has 29 heavy (non-hydrogen) atoms. The van der Waals surface area contributed by atoms with Crippen LogP contribution in [0, 0.1) is 0 Å². The van der Waals surface area contributed by atoms with Crippen molar-refractivity contribution in [2.24, 2.45) is 0 Å². The van der Waals surface area contributed by atoms with E-state index in [2.05, 4.69) is 10.6 Å². The lowest BCUT2D eigenvalue weighted by atomic mass is 10.0. The molecule has 1 aromatic rings. The minimum atomic E-state index is -1.04. The number of rotatable bonds is 8. The summed E-state index contributed by atoms with van der Waals surface area (Å²) in [6.45, 7) is 9.15. The Morgan fingerprint density at radius 3 is 2.38 bits per heavy atom. The van der Waals surface area contributed by atoms with Gasteiger partial charge in [-0.25, -0.2) is 4.79 Å². The number of phenols is 1. The third-order valence-electron chi connectivity index (χ3n) is 4.15. The summed E-state index contributed by atoms with van der Waals surface area (Å²) in [6, 6.07) is 4.41. The van der Waals surface area contributed by atoms with E-state index in [0.29, 0.717) is 12.1 Å². The molecule has 2 atom stereocenters. The Hall–Kier alpha value is -2.77. The maximum absolute atomic E-state index is 12.9. The summed E-state index contributed by atoms with van der Waals surface area (Å²) in [5, 5.41) is 15.5. The van der Waals surface area contributed by atoms with Crippen LogP contribution in [0.5, 0.6) is 5.75 Å². The monoisotopic (exact) mass is 407 g/mol. The number of nitrogens with zero attached hydrogens (tertiary/aromatic N) is 1. The maximum Gasteiger partial charge on any atom is 0.408 e. The van der Waals surface area contributed by atoms with Crippen molar-refractivity contribution in [3.05, 3.63) is 29.8 Å². The van der Waals surface area contributed by atoms with E-state index in [0.717, 1.165) is 12.8 Å². The molecule has 162 valence electrons. The lowest BCUT2D eigenvalue weighted by molar-refractivity contribution is -0.140. The van der Waals surface area contributed by atoms with Crippen molar-refractivity contribution in [3.8, 4) is 5.75 Å². The maximum atomic E-state index is 12.9. The number of alkyl carbamates (subject to hydrolysis) is 1. The molecule has 0 heterocycles. The van der Waals surface area contributed by atoms with Gasteiger partial charge in [-0.05, 0) is 40.2 Å². The Balaban J connectivity index is 3.02. The molecule has 0 aliphatic rings. The van der Waals surface area contributed by atoms with Gasteiger partial charge in [0.25, 0.3) is 0 Å². The number of likely N-dealkylation sites (N-methyl/N-ethyl adjacent to an activating group) is 1. The van der Waals surface area contributed by atoms with Crippen molar-refractivity contribution in [2.45, 2.75) is 65.1 Å². The highest BCUT2D eigenvalue weighted by molar-refractivity contribution is 5.92. The first-order valence-corrected chi connectivity index (χ1v) is 9.79. The zero-order valence-corrected chi connectivity index (χ0v) is 18.1. The lowest BCUT2D eigenvalue weighted by Gasteiger charge is -2.30. The first kappa shape index (κ1) is 24.3. The van der Waals surface area contributed by atoms with Crippen molar-refractivity contribution in [1.29, 1.82) is 0 Å². The number of nitrogens with one attached hydrogen (secondary N) is 2. The van der Waals surface area contributed by atoms with E-state index in [1.165, 1.54) is 24.9 Å². The van der Waals surface area contributed by atoms with Crippen molar-refractivity contribution >= 4 is 17.9 Å². The Labute approximate surface area is 172 Å². The van der Waals surface area contributed by atoms with Crippen LogP contribution in [0.2, 0.25) is 0 Å². The molecule has 0 aliphatic heterocycles. The highest BCUT2D eigenvalue weighted by atomic mass is 16.6. The van der Waals surface area contributed by atoms with Gasteiger partial charge in [-0.15, -0.1) is 0 Å².